The van der Waals surface area contributed by atoms with E-state index in [1.54, 1.807) is 24.3 Å². The van der Waals surface area contributed by atoms with Crippen molar-refractivity contribution in [1.82, 2.24) is 4.98 Å². The Balaban J connectivity index is 1.29. The van der Waals surface area contributed by atoms with Gasteiger partial charge in [0.25, 0.3) is 5.91 Å². The van der Waals surface area contributed by atoms with Crippen LogP contribution in [-0.2, 0) is 9.53 Å². The average Bonchev–Trinajstić information content (AvgIpc) is 3.17. The highest BCUT2D eigenvalue weighted by atomic mass is 32.1. The van der Waals surface area contributed by atoms with E-state index in [9.17, 15) is 19.2 Å². The number of nitrogens with zero attached hydrogens (tertiary/aromatic N) is 1. The third-order valence-electron chi connectivity index (χ3n) is 5.75. The first kappa shape index (κ1) is 22.4. The molecule has 0 aliphatic heterocycles. The first-order valence-corrected chi connectivity index (χ1v) is 11.5. The normalized spacial score (nSPS) is 12.3. The third kappa shape index (κ3) is 3.85. The van der Waals surface area contributed by atoms with E-state index in [-0.39, 0.29) is 33.3 Å². The van der Waals surface area contributed by atoms with Crippen molar-refractivity contribution in [2.75, 3.05) is 17.7 Å². The summed E-state index contributed by atoms with van der Waals surface area (Å²) in [6.07, 6.45) is 0. The number of rotatable bonds is 4. The maximum Gasteiger partial charge on any atom is 0.351 e. The van der Waals surface area contributed by atoms with Crippen LogP contribution in [0.4, 0.5) is 11.4 Å². The molecular weight excluding hydrogens is 466 g/mol. The summed E-state index contributed by atoms with van der Waals surface area (Å²) in [6.45, 7) is 3.19. The number of thiophene rings is 1. The van der Waals surface area contributed by atoms with E-state index in [0.717, 1.165) is 22.6 Å². The molecule has 0 atom stereocenters. The lowest BCUT2D eigenvalue weighted by atomic mass is 9.84. The molecule has 0 radical (unpaired) electrons. The second kappa shape index (κ2) is 8.44. The van der Waals surface area contributed by atoms with E-state index in [2.05, 4.69) is 10.3 Å². The number of ketones is 2. The SMILES string of the molecule is Cc1cc(C)c2c(N)c(C(=O)OCC(=O)Nc3ccc4c(c3)C(=O)c3ccccc3C4=O)sc2n1. The fraction of sp³-hybridized carbons (Fsp3) is 0.115. The van der Waals surface area contributed by atoms with Crippen LogP contribution in [0.3, 0.4) is 0 Å². The van der Waals surface area contributed by atoms with Crippen LogP contribution in [0.5, 0.6) is 0 Å². The Kier molecular flexibility index (Phi) is 5.41. The number of esters is 1. The molecule has 35 heavy (non-hydrogen) atoms. The zero-order valence-corrected chi connectivity index (χ0v) is 19.6. The summed E-state index contributed by atoms with van der Waals surface area (Å²) < 4.78 is 5.17. The lowest BCUT2D eigenvalue weighted by Gasteiger charge is -2.18. The molecule has 1 aliphatic rings. The fourth-order valence-corrected chi connectivity index (χ4v) is 5.30. The minimum absolute atomic E-state index is 0.186. The minimum atomic E-state index is -0.722. The van der Waals surface area contributed by atoms with Crippen molar-refractivity contribution < 1.29 is 23.9 Å². The number of carbonyl (C=O) groups is 4. The van der Waals surface area contributed by atoms with E-state index in [1.165, 1.54) is 18.2 Å². The number of hydrogen-bond donors (Lipinski definition) is 2. The molecule has 2 heterocycles. The fourth-order valence-electron chi connectivity index (χ4n) is 4.19. The van der Waals surface area contributed by atoms with E-state index in [1.807, 2.05) is 19.9 Å². The monoisotopic (exact) mass is 485 g/mol. The molecule has 5 rings (SSSR count). The number of benzene rings is 2. The van der Waals surface area contributed by atoms with Gasteiger partial charge >= 0.3 is 5.97 Å². The smallest absolute Gasteiger partial charge is 0.351 e. The largest absolute Gasteiger partial charge is 0.451 e. The number of hydrogen-bond acceptors (Lipinski definition) is 8. The van der Waals surface area contributed by atoms with Crippen LogP contribution in [0.15, 0.2) is 48.5 Å². The lowest BCUT2D eigenvalue weighted by Crippen LogP contribution is -2.23. The van der Waals surface area contributed by atoms with Crippen LogP contribution in [0.25, 0.3) is 10.2 Å². The van der Waals surface area contributed by atoms with Gasteiger partial charge in [0, 0.05) is 39.0 Å². The predicted molar refractivity (Wildman–Crippen MR) is 132 cm³/mol. The van der Waals surface area contributed by atoms with Gasteiger partial charge in [0.15, 0.2) is 18.2 Å². The molecule has 8 nitrogen and oxygen atoms in total. The average molecular weight is 486 g/mol. The second-order valence-electron chi connectivity index (χ2n) is 8.19. The first-order valence-electron chi connectivity index (χ1n) is 10.7. The molecule has 1 amide bonds. The quantitative estimate of drug-likeness (QED) is 0.367. The Labute approximate surface area is 203 Å². The molecule has 1 aliphatic carbocycles. The number of aryl methyl sites for hydroxylation is 2. The Bertz CT molecular complexity index is 1590. The number of pyridine rings is 1. The first-order chi connectivity index (χ1) is 16.7. The second-order valence-corrected chi connectivity index (χ2v) is 9.19. The molecule has 174 valence electrons. The number of nitrogen functional groups attached to an aromatic ring is 1. The summed E-state index contributed by atoms with van der Waals surface area (Å²) in [5.74, 6) is -1.86. The van der Waals surface area contributed by atoms with Crippen molar-refractivity contribution in [3.63, 3.8) is 0 Å². The molecule has 4 aromatic rings. The summed E-state index contributed by atoms with van der Waals surface area (Å²) in [5.41, 5.74) is 9.61. The topological polar surface area (TPSA) is 128 Å². The Morgan fingerprint density at radius 1 is 0.971 bits per heavy atom. The number of anilines is 2. The van der Waals surface area contributed by atoms with E-state index in [0.29, 0.717) is 27.0 Å². The number of fused-ring (bicyclic) bond motifs is 3. The summed E-state index contributed by atoms with van der Waals surface area (Å²) in [6, 6.07) is 13.0. The van der Waals surface area contributed by atoms with Gasteiger partial charge in [-0.1, -0.05) is 24.3 Å². The van der Waals surface area contributed by atoms with E-state index >= 15 is 0 Å². The van der Waals surface area contributed by atoms with Crippen molar-refractivity contribution in [3.05, 3.63) is 86.9 Å². The molecule has 0 fully saturated rings. The van der Waals surface area contributed by atoms with Gasteiger partial charge < -0.3 is 15.8 Å². The zero-order chi connectivity index (χ0) is 24.9. The van der Waals surface area contributed by atoms with Gasteiger partial charge in [0.2, 0.25) is 0 Å². The predicted octanol–water partition coefficient (Wildman–Crippen LogP) is 4.07. The highest BCUT2D eigenvalue weighted by molar-refractivity contribution is 7.21. The molecular formula is C26H19N3O5S. The standard InChI is InChI=1S/C26H19N3O5S/c1-12-9-13(2)28-25-20(12)21(27)24(35-25)26(33)34-11-19(30)29-14-7-8-17-18(10-14)23(32)16-6-4-3-5-15(16)22(17)31/h3-10H,11,27H2,1-2H3,(H,29,30). The number of carbonyl (C=O) groups excluding carboxylic acids is 4. The molecule has 2 aromatic heterocycles. The van der Waals surface area contributed by atoms with Gasteiger partial charge in [0.05, 0.1) is 5.69 Å². The Hall–Kier alpha value is -4.37. The summed E-state index contributed by atoms with van der Waals surface area (Å²) in [4.78, 5) is 55.8. The molecule has 0 saturated carbocycles. The summed E-state index contributed by atoms with van der Waals surface area (Å²) in [5, 5.41) is 3.30. The molecule has 3 N–H and O–H groups in total. The number of ether oxygens (including phenoxy) is 1. The summed E-state index contributed by atoms with van der Waals surface area (Å²) in [7, 11) is 0. The van der Waals surface area contributed by atoms with Gasteiger partial charge in [-0.15, -0.1) is 11.3 Å². The van der Waals surface area contributed by atoms with Gasteiger partial charge in [-0.05, 0) is 43.7 Å². The number of amides is 1. The van der Waals surface area contributed by atoms with Crippen molar-refractivity contribution in [2.45, 2.75) is 13.8 Å². The lowest BCUT2D eigenvalue weighted by molar-refractivity contribution is -0.119. The number of aromatic nitrogens is 1. The highest BCUT2D eigenvalue weighted by Gasteiger charge is 2.29. The summed E-state index contributed by atoms with van der Waals surface area (Å²) >= 11 is 1.11. The van der Waals surface area contributed by atoms with Crippen molar-refractivity contribution >= 4 is 56.4 Å². The van der Waals surface area contributed by atoms with Crippen LogP contribution in [0.1, 0.15) is 52.8 Å². The minimum Gasteiger partial charge on any atom is -0.451 e. The van der Waals surface area contributed by atoms with E-state index in [4.69, 9.17) is 10.5 Å². The molecule has 0 bridgehead atoms. The van der Waals surface area contributed by atoms with Gasteiger partial charge in [-0.3, -0.25) is 14.4 Å². The number of nitrogens with two attached hydrogens (primary N) is 1. The van der Waals surface area contributed by atoms with Crippen LogP contribution >= 0.6 is 11.3 Å². The van der Waals surface area contributed by atoms with Crippen molar-refractivity contribution in [1.29, 1.82) is 0 Å². The zero-order valence-electron chi connectivity index (χ0n) is 18.8. The maximum absolute atomic E-state index is 12.9. The molecule has 9 heteroatoms. The molecule has 2 aromatic carbocycles. The van der Waals surface area contributed by atoms with Gasteiger partial charge in [0.1, 0.15) is 9.71 Å². The third-order valence-corrected chi connectivity index (χ3v) is 6.83. The van der Waals surface area contributed by atoms with Crippen LogP contribution in [0.2, 0.25) is 0 Å². The van der Waals surface area contributed by atoms with Gasteiger partial charge in [-0.2, -0.15) is 0 Å². The molecule has 0 saturated heterocycles. The number of nitrogens with one attached hydrogen (secondary N) is 1. The van der Waals surface area contributed by atoms with Crippen LogP contribution < -0.4 is 11.1 Å². The van der Waals surface area contributed by atoms with Crippen LogP contribution in [0, 0.1) is 13.8 Å². The van der Waals surface area contributed by atoms with Crippen molar-refractivity contribution in [3.8, 4) is 0 Å². The molecule has 0 spiro atoms. The molecule has 0 unspecified atom stereocenters. The maximum atomic E-state index is 12.9. The van der Waals surface area contributed by atoms with E-state index < -0.39 is 18.5 Å². The van der Waals surface area contributed by atoms with Gasteiger partial charge in [-0.25, -0.2) is 9.78 Å². The van der Waals surface area contributed by atoms with Crippen LogP contribution in [-0.4, -0.2) is 35.0 Å². The van der Waals surface area contributed by atoms with Crippen molar-refractivity contribution in [2.24, 2.45) is 0 Å². The Morgan fingerprint density at radius 3 is 2.34 bits per heavy atom. The Morgan fingerprint density at radius 2 is 1.63 bits per heavy atom. The highest BCUT2D eigenvalue weighted by Crippen LogP contribution is 2.35.